The molecule has 2 N–H and O–H groups in total. The van der Waals surface area contributed by atoms with Crippen LogP contribution in [0.15, 0.2) is 42.5 Å². The van der Waals surface area contributed by atoms with Crippen molar-refractivity contribution in [2.75, 3.05) is 6.61 Å². The highest BCUT2D eigenvalue weighted by Gasteiger charge is 2.23. The van der Waals surface area contributed by atoms with E-state index >= 15 is 0 Å². The zero-order valence-electron chi connectivity index (χ0n) is 14.6. The van der Waals surface area contributed by atoms with Crippen molar-refractivity contribution in [3.63, 3.8) is 0 Å². The maximum Gasteiger partial charge on any atom is 0.249 e. The Kier molecular flexibility index (Phi) is 4.47. The molecule has 4 nitrogen and oxygen atoms in total. The number of carbonyl (C=O) groups is 1. The second-order valence-corrected chi connectivity index (χ2v) is 6.70. The average Bonchev–Trinajstić information content (AvgIpc) is 3.29. The summed E-state index contributed by atoms with van der Waals surface area (Å²) in [7, 11) is 0. The van der Waals surface area contributed by atoms with Crippen molar-refractivity contribution < 1.29 is 13.9 Å². The van der Waals surface area contributed by atoms with Gasteiger partial charge in [-0.1, -0.05) is 18.2 Å². The molecule has 1 saturated heterocycles. The number of amides is 1. The number of rotatable bonds is 4. The Morgan fingerprint density at radius 1 is 1.31 bits per heavy atom. The standard InChI is InChI=1S/C21H21FN2O2/c1-13-16-11-14(12-23-21(25)19-7-4-10-26-19)8-9-18(16)24-20(13)15-5-2-3-6-17(15)22/h2-3,5-6,8-9,11,19,24H,4,7,10,12H2,1H3,(H,23,25)/t19-/m0/s1. The number of aromatic amines is 1. The number of aryl methyl sites for hydroxylation is 1. The van der Waals surface area contributed by atoms with E-state index in [-0.39, 0.29) is 17.8 Å². The maximum atomic E-state index is 14.1. The van der Waals surface area contributed by atoms with E-state index in [1.54, 1.807) is 12.1 Å². The molecule has 0 aliphatic carbocycles. The van der Waals surface area contributed by atoms with Crippen LogP contribution in [0.2, 0.25) is 0 Å². The van der Waals surface area contributed by atoms with Gasteiger partial charge >= 0.3 is 0 Å². The van der Waals surface area contributed by atoms with Crippen molar-refractivity contribution in [3.8, 4) is 11.3 Å². The molecule has 2 heterocycles. The van der Waals surface area contributed by atoms with Gasteiger partial charge in [-0.3, -0.25) is 4.79 Å². The lowest BCUT2D eigenvalue weighted by atomic mass is 10.0. The third kappa shape index (κ3) is 3.10. The summed E-state index contributed by atoms with van der Waals surface area (Å²) in [4.78, 5) is 15.4. The van der Waals surface area contributed by atoms with Crippen LogP contribution in [-0.4, -0.2) is 23.6 Å². The van der Waals surface area contributed by atoms with Gasteiger partial charge in [0.15, 0.2) is 0 Å². The first-order valence-electron chi connectivity index (χ1n) is 8.89. The molecule has 1 aromatic heterocycles. The lowest BCUT2D eigenvalue weighted by Crippen LogP contribution is -2.33. The molecule has 0 unspecified atom stereocenters. The topological polar surface area (TPSA) is 54.1 Å². The van der Waals surface area contributed by atoms with Crippen LogP contribution in [0.4, 0.5) is 4.39 Å². The normalized spacial score (nSPS) is 16.9. The predicted molar refractivity (Wildman–Crippen MR) is 99.3 cm³/mol. The van der Waals surface area contributed by atoms with Crippen molar-refractivity contribution >= 4 is 16.8 Å². The first-order chi connectivity index (χ1) is 12.6. The van der Waals surface area contributed by atoms with Crippen LogP contribution >= 0.6 is 0 Å². The highest BCUT2D eigenvalue weighted by molar-refractivity contribution is 5.91. The quantitative estimate of drug-likeness (QED) is 0.743. The van der Waals surface area contributed by atoms with Gasteiger partial charge in [-0.25, -0.2) is 4.39 Å². The number of aromatic nitrogens is 1. The summed E-state index contributed by atoms with van der Waals surface area (Å²) in [6, 6.07) is 12.7. The summed E-state index contributed by atoms with van der Waals surface area (Å²) >= 11 is 0. The average molecular weight is 352 g/mol. The number of benzene rings is 2. The van der Waals surface area contributed by atoms with Crippen LogP contribution in [0.3, 0.4) is 0 Å². The smallest absolute Gasteiger partial charge is 0.249 e. The Hall–Kier alpha value is -2.66. The molecular formula is C21H21FN2O2. The highest BCUT2D eigenvalue weighted by atomic mass is 19.1. The summed E-state index contributed by atoms with van der Waals surface area (Å²) in [6.45, 7) is 3.09. The van der Waals surface area contributed by atoms with Crippen molar-refractivity contribution in [2.45, 2.75) is 32.4 Å². The number of hydrogen-bond acceptors (Lipinski definition) is 2. The highest BCUT2D eigenvalue weighted by Crippen LogP contribution is 2.31. The molecule has 3 aromatic rings. The van der Waals surface area contributed by atoms with Crippen LogP contribution in [0.5, 0.6) is 0 Å². The van der Waals surface area contributed by atoms with E-state index in [1.807, 2.05) is 31.2 Å². The monoisotopic (exact) mass is 352 g/mol. The summed E-state index contributed by atoms with van der Waals surface area (Å²) in [5.74, 6) is -0.299. The van der Waals surface area contributed by atoms with E-state index in [1.165, 1.54) is 6.07 Å². The number of carbonyl (C=O) groups excluding carboxylic acids is 1. The minimum atomic E-state index is -0.319. The Bertz CT molecular complexity index is 958. The largest absolute Gasteiger partial charge is 0.368 e. The van der Waals surface area contributed by atoms with Gasteiger partial charge in [-0.2, -0.15) is 0 Å². The van der Waals surface area contributed by atoms with Crippen molar-refractivity contribution in [2.24, 2.45) is 0 Å². The van der Waals surface area contributed by atoms with Gasteiger partial charge in [0.25, 0.3) is 0 Å². The first kappa shape index (κ1) is 16.8. The Balaban J connectivity index is 1.58. The number of ether oxygens (including phenoxy) is 1. The summed E-state index contributed by atoms with van der Waals surface area (Å²) in [5.41, 5.74) is 4.31. The van der Waals surface area contributed by atoms with E-state index in [0.717, 1.165) is 40.6 Å². The van der Waals surface area contributed by atoms with Gasteiger partial charge in [-0.05, 0) is 55.2 Å². The van der Waals surface area contributed by atoms with Crippen molar-refractivity contribution in [1.29, 1.82) is 0 Å². The number of halogens is 1. The van der Waals surface area contributed by atoms with Gasteiger partial charge in [0.05, 0.1) is 5.69 Å². The molecule has 0 bridgehead atoms. The second-order valence-electron chi connectivity index (χ2n) is 6.70. The van der Waals surface area contributed by atoms with Gasteiger partial charge in [0.1, 0.15) is 11.9 Å². The Morgan fingerprint density at radius 2 is 2.15 bits per heavy atom. The van der Waals surface area contributed by atoms with E-state index in [0.29, 0.717) is 18.7 Å². The maximum absolute atomic E-state index is 14.1. The molecule has 4 rings (SSSR count). The molecule has 0 saturated carbocycles. The molecule has 1 fully saturated rings. The molecule has 0 spiro atoms. The molecule has 1 amide bonds. The van der Waals surface area contributed by atoms with Gasteiger partial charge in [-0.15, -0.1) is 0 Å². The van der Waals surface area contributed by atoms with E-state index in [4.69, 9.17) is 4.74 Å². The van der Waals surface area contributed by atoms with Crippen LogP contribution < -0.4 is 5.32 Å². The van der Waals surface area contributed by atoms with E-state index < -0.39 is 0 Å². The SMILES string of the molecule is Cc1c(-c2ccccc2F)[nH]c2ccc(CNC(=O)[C@@H]3CCCO3)cc12. The fourth-order valence-corrected chi connectivity index (χ4v) is 3.50. The fraction of sp³-hybridized carbons (Fsp3) is 0.286. The zero-order valence-corrected chi connectivity index (χ0v) is 14.6. The summed E-state index contributed by atoms with van der Waals surface area (Å²) in [6.07, 6.45) is 1.40. The Labute approximate surface area is 151 Å². The second kappa shape index (κ2) is 6.92. The van der Waals surface area contributed by atoms with Crippen LogP contribution in [0.1, 0.15) is 24.0 Å². The molecular weight excluding hydrogens is 331 g/mol. The zero-order chi connectivity index (χ0) is 18.1. The van der Waals surface area contributed by atoms with Gasteiger partial charge in [0.2, 0.25) is 5.91 Å². The van der Waals surface area contributed by atoms with Gasteiger partial charge in [0, 0.05) is 29.6 Å². The van der Waals surface area contributed by atoms with Crippen molar-refractivity contribution in [3.05, 3.63) is 59.4 Å². The number of H-pyrrole nitrogens is 1. The molecule has 1 aliphatic heterocycles. The van der Waals surface area contributed by atoms with Crippen molar-refractivity contribution in [1.82, 2.24) is 10.3 Å². The molecule has 2 aromatic carbocycles. The number of fused-ring (bicyclic) bond motifs is 1. The van der Waals surface area contributed by atoms with Crippen LogP contribution in [0.25, 0.3) is 22.2 Å². The first-order valence-corrected chi connectivity index (χ1v) is 8.89. The van der Waals surface area contributed by atoms with Crippen LogP contribution in [-0.2, 0) is 16.1 Å². The number of hydrogen-bond donors (Lipinski definition) is 2. The van der Waals surface area contributed by atoms with E-state index in [9.17, 15) is 9.18 Å². The van der Waals surface area contributed by atoms with E-state index in [2.05, 4.69) is 10.3 Å². The molecule has 1 atom stereocenters. The minimum absolute atomic E-state index is 0.0552. The van der Waals surface area contributed by atoms with Gasteiger partial charge < -0.3 is 15.0 Å². The number of nitrogens with one attached hydrogen (secondary N) is 2. The molecule has 5 heteroatoms. The lowest BCUT2D eigenvalue weighted by molar-refractivity contribution is -0.130. The Morgan fingerprint density at radius 3 is 2.92 bits per heavy atom. The third-order valence-electron chi connectivity index (χ3n) is 4.95. The molecule has 134 valence electrons. The fourth-order valence-electron chi connectivity index (χ4n) is 3.50. The minimum Gasteiger partial charge on any atom is -0.368 e. The summed E-state index contributed by atoms with van der Waals surface area (Å²) < 4.78 is 19.5. The third-order valence-corrected chi connectivity index (χ3v) is 4.95. The van der Waals surface area contributed by atoms with Crippen LogP contribution in [0, 0.1) is 12.7 Å². The molecule has 26 heavy (non-hydrogen) atoms. The molecule has 1 aliphatic rings. The lowest BCUT2D eigenvalue weighted by Gasteiger charge is -2.10. The summed E-state index contributed by atoms with van der Waals surface area (Å²) in [5, 5.41) is 3.97. The predicted octanol–water partition coefficient (Wildman–Crippen LogP) is 4.08. The molecule has 0 radical (unpaired) electrons.